The number of benzene rings is 4. The molecule has 180 valence electrons. The fraction of sp³-hybridized carbons (Fsp3) is 0.156. The molecule has 1 heterocycles. The van der Waals surface area contributed by atoms with Gasteiger partial charge in [0.05, 0.1) is 5.39 Å². The Hall–Kier alpha value is -4.31. The topological polar surface area (TPSA) is 48.7 Å². The number of rotatable bonds is 8. The second kappa shape index (κ2) is 10.5. The van der Waals surface area contributed by atoms with Crippen molar-refractivity contribution in [1.29, 1.82) is 0 Å². The molecule has 1 aromatic heterocycles. The molecule has 0 aliphatic heterocycles. The first kappa shape index (κ1) is 23.4. The first-order valence-electron chi connectivity index (χ1n) is 12.1. The molecule has 0 saturated carbocycles. The lowest BCUT2D eigenvalue weighted by Crippen LogP contribution is -2.03. The number of ether oxygens (including phenoxy) is 2. The normalized spacial score (nSPS) is 11.1. The molecule has 36 heavy (non-hydrogen) atoms. The van der Waals surface area contributed by atoms with Gasteiger partial charge < -0.3 is 13.9 Å². The summed E-state index contributed by atoms with van der Waals surface area (Å²) in [6.45, 7) is 5.03. The zero-order chi connectivity index (χ0) is 24.9. The Morgan fingerprint density at radius 2 is 1.33 bits per heavy atom. The molecule has 4 nitrogen and oxygen atoms in total. The fourth-order valence-corrected chi connectivity index (χ4v) is 4.04. The minimum absolute atomic E-state index is 0.0649. The molecule has 0 N–H and O–H groups in total. The maximum Gasteiger partial charge on any atom is 0.193 e. The van der Waals surface area contributed by atoms with E-state index in [2.05, 4.69) is 13.8 Å². The summed E-state index contributed by atoms with van der Waals surface area (Å²) in [6.07, 6.45) is 0. The third kappa shape index (κ3) is 5.33. The summed E-state index contributed by atoms with van der Waals surface area (Å²) in [6, 6.07) is 32.9. The Morgan fingerprint density at radius 3 is 1.97 bits per heavy atom. The summed E-state index contributed by atoms with van der Waals surface area (Å²) in [4.78, 5) is 13.0. The van der Waals surface area contributed by atoms with Gasteiger partial charge in [-0.15, -0.1) is 0 Å². The minimum Gasteiger partial charge on any atom is -0.485 e. The van der Waals surface area contributed by atoms with Gasteiger partial charge in [0, 0.05) is 11.6 Å². The maximum absolute atomic E-state index is 13.0. The zero-order valence-corrected chi connectivity index (χ0v) is 20.4. The van der Waals surface area contributed by atoms with Crippen LogP contribution < -0.4 is 14.9 Å². The minimum atomic E-state index is -0.0649. The summed E-state index contributed by atoms with van der Waals surface area (Å²) >= 11 is 0. The first-order chi connectivity index (χ1) is 17.6. The predicted molar refractivity (Wildman–Crippen MR) is 144 cm³/mol. The highest BCUT2D eigenvalue weighted by Crippen LogP contribution is 2.34. The average molecular weight is 477 g/mol. The molecule has 0 aliphatic carbocycles. The van der Waals surface area contributed by atoms with E-state index in [9.17, 15) is 4.79 Å². The smallest absolute Gasteiger partial charge is 0.193 e. The van der Waals surface area contributed by atoms with Crippen LogP contribution in [0.15, 0.2) is 112 Å². The highest BCUT2D eigenvalue weighted by atomic mass is 16.5. The second-order valence-electron chi connectivity index (χ2n) is 9.10. The lowest BCUT2D eigenvalue weighted by molar-refractivity contribution is 0.256. The lowest BCUT2D eigenvalue weighted by Gasteiger charge is -2.15. The quantitative estimate of drug-likeness (QED) is 0.230. The molecule has 4 heteroatoms. The van der Waals surface area contributed by atoms with Gasteiger partial charge in [-0.25, -0.2) is 0 Å². The van der Waals surface area contributed by atoms with Gasteiger partial charge in [0.1, 0.15) is 24.6 Å². The van der Waals surface area contributed by atoms with E-state index in [0.29, 0.717) is 47.4 Å². The van der Waals surface area contributed by atoms with Crippen molar-refractivity contribution in [3.05, 3.63) is 130 Å². The van der Waals surface area contributed by atoms with Crippen LogP contribution in [0.25, 0.3) is 22.3 Å². The summed E-state index contributed by atoms with van der Waals surface area (Å²) in [5.41, 5.74) is 4.48. The van der Waals surface area contributed by atoms with Gasteiger partial charge in [-0.05, 0) is 52.9 Å². The highest BCUT2D eigenvalue weighted by molar-refractivity contribution is 5.79. The van der Waals surface area contributed by atoms with E-state index < -0.39 is 0 Å². The molecule has 5 rings (SSSR count). The summed E-state index contributed by atoms with van der Waals surface area (Å²) < 4.78 is 18.5. The van der Waals surface area contributed by atoms with Gasteiger partial charge in [-0.2, -0.15) is 0 Å². The van der Waals surface area contributed by atoms with Gasteiger partial charge in [0.25, 0.3) is 0 Å². The van der Waals surface area contributed by atoms with Gasteiger partial charge in [0.15, 0.2) is 16.9 Å². The van der Waals surface area contributed by atoms with Crippen molar-refractivity contribution < 1.29 is 13.9 Å². The van der Waals surface area contributed by atoms with E-state index >= 15 is 0 Å². The maximum atomic E-state index is 13.0. The van der Waals surface area contributed by atoms with Crippen molar-refractivity contribution in [2.45, 2.75) is 33.0 Å². The predicted octanol–water partition coefficient (Wildman–Crippen LogP) is 7.74. The Bertz CT molecular complexity index is 1520. The third-order valence-corrected chi connectivity index (χ3v) is 6.12. The third-order valence-electron chi connectivity index (χ3n) is 6.12. The largest absolute Gasteiger partial charge is 0.485 e. The van der Waals surface area contributed by atoms with Crippen molar-refractivity contribution in [2.75, 3.05) is 0 Å². The summed E-state index contributed by atoms with van der Waals surface area (Å²) in [5.74, 6) is 2.04. The molecule has 0 saturated heterocycles. The number of hydrogen-bond acceptors (Lipinski definition) is 4. The van der Waals surface area contributed by atoms with E-state index in [1.54, 1.807) is 6.07 Å². The van der Waals surface area contributed by atoms with Gasteiger partial charge >= 0.3 is 0 Å². The SMILES string of the molecule is CC(C)c1ccc2oc(-c3ccc(OCc4ccccc4)c(OCc4ccccc4)c3)cc(=O)c2c1. The van der Waals surface area contributed by atoms with Crippen LogP contribution in [0.2, 0.25) is 0 Å². The van der Waals surface area contributed by atoms with Gasteiger partial charge in [-0.1, -0.05) is 80.6 Å². The Kier molecular flexibility index (Phi) is 6.85. The average Bonchev–Trinajstić information content (AvgIpc) is 2.92. The molecular weight excluding hydrogens is 448 g/mol. The van der Waals surface area contributed by atoms with Gasteiger partial charge in [-0.3, -0.25) is 4.79 Å². The van der Waals surface area contributed by atoms with Crippen LogP contribution >= 0.6 is 0 Å². The lowest BCUT2D eigenvalue weighted by atomic mass is 10.0. The molecule has 5 aromatic rings. The Labute approximate surface area is 210 Å². The standard InChI is InChI=1S/C32H28O4/c1-22(2)25-13-15-29-27(17-25)28(33)19-31(36-29)26-14-16-30(34-20-23-9-5-3-6-10-23)32(18-26)35-21-24-11-7-4-8-12-24/h3-19,22H,20-21H2,1-2H3. The van der Waals surface area contributed by atoms with E-state index in [0.717, 1.165) is 22.3 Å². The van der Waals surface area contributed by atoms with Crippen molar-refractivity contribution in [3.8, 4) is 22.8 Å². The van der Waals surface area contributed by atoms with Gasteiger partial charge in [0.2, 0.25) is 0 Å². The first-order valence-corrected chi connectivity index (χ1v) is 12.1. The van der Waals surface area contributed by atoms with Crippen LogP contribution in [0.3, 0.4) is 0 Å². The molecule has 0 spiro atoms. The molecule has 0 atom stereocenters. The molecular formula is C32H28O4. The van der Waals surface area contributed by atoms with Crippen molar-refractivity contribution in [1.82, 2.24) is 0 Å². The van der Waals surface area contributed by atoms with E-state index in [4.69, 9.17) is 13.9 Å². The zero-order valence-electron chi connectivity index (χ0n) is 20.4. The molecule has 0 radical (unpaired) electrons. The van der Waals surface area contributed by atoms with Crippen molar-refractivity contribution in [3.63, 3.8) is 0 Å². The molecule has 4 aromatic carbocycles. The van der Waals surface area contributed by atoms with Crippen LogP contribution in [0, 0.1) is 0 Å². The number of hydrogen-bond donors (Lipinski definition) is 0. The van der Waals surface area contributed by atoms with Crippen LogP contribution in [-0.2, 0) is 13.2 Å². The van der Waals surface area contributed by atoms with E-state index in [1.807, 2.05) is 97.1 Å². The molecule has 0 bridgehead atoms. The fourth-order valence-electron chi connectivity index (χ4n) is 4.04. The van der Waals surface area contributed by atoms with E-state index in [-0.39, 0.29) is 5.43 Å². The van der Waals surface area contributed by atoms with E-state index in [1.165, 1.54) is 0 Å². The van der Waals surface area contributed by atoms with Crippen LogP contribution in [-0.4, -0.2) is 0 Å². The van der Waals surface area contributed by atoms with Crippen molar-refractivity contribution >= 4 is 11.0 Å². The van der Waals surface area contributed by atoms with Crippen molar-refractivity contribution in [2.24, 2.45) is 0 Å². The van der Waals surface area contributed by atoms with Crippen LogP contribution in [0.1, 0.15) is 36.5 Å². The van der Waals surface area contributed by atoms with Crippen LogP contribution in [0.5, 0.6) is 11.5 Å². The molecule has 0 unspecified atom stereocenters. The Balaban J connectivity index is 1.48. The monoisotopic (exact) mass is 476 g/mol. The summed E-state index contributed by atoms with van der Waals surface area (Å²) in [5, 5.41) is 0.591. The second-order valence-corrected chi connectivity index (χ2v) is 9.10. The number of fused-ring (bicyclic) bond motifs is 1. The Morgan fingerprint density at radius 1 is 0.694 bits per heavy atom. The highest BCUT2D eigenvalue weighted by Gasteiger charge is 2.13. The molecule has 0 fully saturated rings. The van der Waals surface area contributed by atoms with Crippen LogP contribution in [0.4, 0.5) is 0 Å². The molecule has 0 amide bonds. The molecule has 0 aliphatic rings. The summed E-state index contributed by atoms with van der Waals surface area (Å²) in [7, 11) is 0.